The fraction of sp³-hybridized carbons (Fsp3) is 0.937. The molecular weight excluding hydrogens is 851 g/mol. The van der Waals surface area contributed by atoms with Gasteiger partial charge in [-0.15, -0.1) is 0 Å². The third-order valence-corrected chi connectivity index (χ3v) is 14.8. The van der Waals surface area contributed by atoms with Crippen LogP contribution in [0.25, 0.3) is 0 Å². The molecular formula is C63H123NO5. The SMILES string of the molecule is CCCCC/C=C\CCCCCCCC(=O)OCCCCCCCCCCCCCCCCCCC(=O)NC(CO)C(O)CCCCCCCCCCCCCCCCCCCCCCCCCC. The van der Waals surface area contributed by atoms with Gasteiger partial charge >= 0.3 is 5.97 Å². The summed E-state index contributed by atoms with van der Waals surface area (Å²) < 4.78 is 5.46. The highest BCUT2D eigenvalue weighted by atomic mass is 16.5. The third kappa shape index (κ3) is 55.8. The quantitative estimate of drug-likeness (QED) is 0.0321. The van der Waals surface area contributed by atoms with Gasteiger partial charge in [-0.2, -0.15) is 0 Å². The number of unbranched alkanes of at least 4 members (excludes halogenated alkanes) is 46. The minimum Gasteiger partial charge on any atom is -0.466 e. The number of amides is 1. The van der Waals surface area contributed by atoms with Gasteiger partial charge in [0.15, 0.2) is 0 Å². The molecule has 0 rings (SSSR count). The third-order valence-electron chi connectivity index (χ3n) is 14.8. The molecule has 1 amide bonds. The van der Waals surface area contributed by atoms with E-state index in [-0.39, 0.29) is 18.5 Å². The lowest BCUT2D eigenvalue weighted by atomic mass is 10.0. The second-order valence-electron chi connectivity index (χ2n) is 21.7. The van der Waals surface area contributed by atoms with Crippen LogP contribution in [0.2, 0.25) is 0 Å². The van der Waals surface area contributed by atoms with Crippen molar-refractivity contribution in [1.82, 2.24) is 5.32 Å². The zero-order chi connectivity index (χ0) is 50.0. The molecule has 0 spiro atoms. The van der Waals surface area contributed by atoms with Crippen LogP contribution in [-0.2, 0) is 14.3 Å². The molecule has 0 fully saturated rings. The van der Waals surface area contributed by atoms with Crippen molar-refractivity contribution >= 4 is 11.9 Å². The van der Waals surface area contributed by atoms with Crippen molar-refractivity contribution in [2.75, 3.05) is 13.2 Å². The number of carbonyl (C=O) groups excluding carboxylic acids is 2. The maximum absolute atomic E-state index is 12.5. The number of aliphatic hydroxyl groups is 2. The van der Waals surface area contributed by atoms with E-state index < -0.39 is 12.1 Å². The van der Waals surface area contributed by atoms with Crippen LogP contribution in [0.5, 0.6) is 0 Å². The van der Waals surface area contributed by atoms with Crippen LogP contribution in [0.1, 0.15) is 354 Å². The molecule has 3 N–H and O–H groups in total. The highest BCUT2D eigenvalue weighted by Gasteiger charge is 2.20. The molecule has 69 heavy (non-hydrogen) atoms. The van der Waals surface area contributed by atoms with Gasteiger partial charge in [0.1, 0.15) is 0 Å². The monoisotopic (exact) mass is 974 g/mol. The lowest BCUT2D eigenvalue weighted by molar-refractivity contribution is -0.143. The van der Waals surface area contributed by atoms with Crippen molar-refractivity contribution in [3.05, 3.63) is 12.2 Å². The first-order valence-electron chi connectivity index (χ1n) is 31.4. The summed E-state index contributed by atoms with van der Waals surface area (Å²) in [6.45, 7) is 4.94. The summed E-state index contributed by atoms with van der Waals surface area (Å²) in [7, 11) is 0. The van der Waals surface area contributed by atoms with Gasteiger partial charge in [0, 0.05) is 12.8 Å². The number of esters is 1. The number of allylic oxidation sites excluding steroid dienone is 2. The first-order chi connectivity index (χ1) is 34.0. The smallest absolute Gasteiger partial charge is 0.305 e. The molecule has 2 atom stereocenters. The zero-order valence-electron chi connectivity index (χ0n) is 46.8. The summed E-state index contributed by atoms with van der Waals surface area (Å²) in [5, 5.41) is 23.4. The Balaban J connectivity index is 3.42. The van der Waals surface area contributed by atoms with E-state index in [1.54, 1.807) is 0 Å². The maximum Gasteiger partial charge on any atom is 0.305 e. The summed E-state index contributed by atoms with van der Waals surface area (Å²) in [6, 6.07) is -0.547. The fourth-order valence-corrected chi connectivity index (χ4v) is 9.99. The lowest BCUT2D eigenvalue weighted by Crippen LogP contribution is -2.45. The first kappa shape index (κ1) is 67.6. The Kier molecular flexibility index (Phi) is 58.0. The van der Waals surface area contributed by atoms with E-state index in [2.05, 4.69) is 31.3 Å². The topological polar surface area (TPSA) is 95.9 Å². The molecule has 0 aromatic carbocycles. The normalized spacial score (nSPS) is 12.6. The first-order valence-corrected chi connectivity index (χ1v) is 31.4. The summed E-state index contributed by atoms with van der Waals surface area (Å²) >= 11 is 0. The van der Waals surface area contributed by atoms with Crippen molar-refractivity contribution in [3.63, 3.8) is 0 Å². The molecule has 0 aromatic heterocycles. The van der Waals surface area contributed by atoms with Crippen LogP contribution in [0.15, 0.2) is 12.2 Å². The van der Waals surface area contributed by atoms with Gasteiger partial charge in [-0.25, -0.2) is 0 Å². The summed E-state index contributed by atoms with van der Waals surface area (Å²) in [5.74, 6) is -0.0434. The standard InChI is InChI=1S/C63H123NO5/c1-3-5-7-9-11-13-15-17-18-19-20-21-22-23-24-25-26-29-32-35-39-43-47-51-55-61(66)60(59-65)64-62(67)56-52-48-44-40-36-33-30-27-28-31-34-38-42-46-50-54-58-69-63(68)57-53-49-45-41-37-16-14-12-10-8-6-4-2/h12,14,60-61,65-66H,3-11,13,15-59H2,1-2H3,(H,64,67)/b14-12-. The Morgan fingerprint density at radius 3 is 1.06 bits per heavy atom. The van der Waals surface area contributed by atoms with Gasteiger partial charge in [0.05, 0.1) is 25.4 Å². The molecule has 0 saturated heterocycles. The molecule has 0 aliphatic rings. The van der Waals surface area contributed by atoms with Crippen LogP contribution >= 0.6 is 0 Å². The molecule has 6 nitrogen and oxygen atoms in total. The molecule has 0 aliphatic carbocycles. The minimum absolute atomic E-state index is 0.00577. The molecule has 0 aromatic rings. The van der Waals surface area contributed by atoms with Gasteiger partial charge in [0.2, 0.25) is 5.91 Å². The van der Waals surface area contributed by atoms with Crippen LogP contribution in [0, 0.1) is 0 Å². The van der Waals surface area contributed by atoms with E-state index >= 15 is 0 Å². The molecule has 410 valence electrons. The minimum atomic E-state index is -0.670. The summed E-state index contributed by atoms with van der Waals surface area (Å²) in [4.78, 5) is 24.5. The Bertz CT molecular complexity index is 1030. The molecule has 2 unspecified atom stereocenters. The number of nitrogens with one attached hydrogen (secondary N) is 1. The van der Waals surface area contributed by atoms with Gasteiger partial charge < -0.3 is 20.3 Å². The Morgan fingerprint density at radius 1 is 0.391 bits per heavy atom. The molecule has 0 bridgehead atoms. The Labute approximate surface area is 431 Å². The van der Waals surface area contributed by atoms with E-state index in [4.69, 9.17) is 4.74 Å². The second kappa shape index (κ2) is 59.2. The van der Waals surface area contributed by atoms with Crippen molar-refractivity contribution < 1.29 is 24.5 Å². The fourth-order valence-electron chi connectivity index (χ4n) is 9.99. The number of hydrogen-bond acceptors (Lipinski definition) is 5. The van der Waals surface area contributed by atoms with Gasteiger partial charge in [-0.3, -0.25) is 9.59 Å². The Hall–Kier alpha value is -1.40. The average molecular weight is 975 g/mol. The largest absolute Gasteiger partial charge is 0.466 e. The van der Waals surface area contributed by atoms with Crippen molar-refractivity contribution in [1.29, 1.82) is 0 Å². The Morgan fingerprint density at radius 2 is 0.681 bits per heavy atom. The zero-order valence-corrected chi connectivity index (χ0v) is 46.8. The van der Waals surface area contributed by atoms with Crippen LogP contribution in [0.3, 0.4) is 0 Å². The highest BCUT2D eigenvalue weighted by molar-refractivity contribution is 5.76. The predicted molar refractivity (Wildman–Crippen MR) is 301 cm³/mol. The van der Waals surface area contributed by atoms with Crippen molar-refractivity contribution in [3.8, 4) is 0 Å². The molecule has 0 radical (unpaired) electrons. The van der Waals surface area contributed by atoms with E-state index in [0.29, 0.717) is 25.9 Å². The molecule has 0 aliphatic heterocycles. The number of hydrogen-bond donors (Lipinski definition) is 3. The maximum atomic E-state index is 12.5. The van der Waals surface area contributed by atoms with E-state index in [9.17, 15) is 19.8 Å². The van der Waals surface area contributed by atoms with Crippen molar-refractivity contribution in [2.45, 2.75) is 366 Å². The highest BCUT2D eigenvalue weighted by Crippen LogP contribution is 2.18. The summed E-state index contributed by atoms with van der Waals surface area (Å²) in [6.07, 6.45) is 70.8. The molecule has 6 heteroatoms. The van der Waals surface area contributed by atoms with Crippen LogP contribution < -0.4 is 5.32 Å². The van der Waals surface area contributed by atoms with Crippen LogP contribution in [-0.4, -0.2) is 47.4 Å². The van der Waals surface area contributed by atoms with Gasteiger partial charge in [-0.1, -0.05) is 302 Å². The number of ether oxygens (including phenoxy) is 1. The van der Waals surface area contributed by atoms with E-state index in [0.717, 1.165) is 44.9 Å². The molecule has 0 heterocycles. The van der Waals surface area contributed by atoms with Gasteiger partial charge in [-0.05, 0) is 51.4 Å². The molecule has 0 saturated carbocycles. The average Bonchev–Trinajstić information content (AvgIpc) is 3.35. The van der Waals surface area contributed by atoms with Crippen LogP contribution in [0.4, 0.5) is 0 Å². The second-order valence-corrected chi connectivity index (χ2v) is 21.7. The summed E-state index contributed by atoms with van der Waals surface area (Å²) in [5.41, 5.74) is 0. The number of rotatable bonds is 59. The van der Waals surface area contributed by atoms with Gasteiger partial charge in [0.25, 0.3) is 0 Å². The van der Waals surface area contributed by atoms with E-state index in [1.807, 2.05) is 0 Å². The number of aliphatic hydroxyl groups excluding tert-OH is 2. The van der Waals surface area contributed by atoms with E-state index in [1.165, 1.54) is 276 Å². The lowest BCUT2D eigenvalue weighted by Gasteiger charge is -2.22. The van der Waals surface area contributed by atoms with Crippen molar-refractivity contribution in [2.24, 2.45) is 0 Å². The number of carbonyl (C=O) groups is 2. The predicted octanol–water partition coefficient (Wildman–Crippen LogP) is 19.6.